The third-order valence-electron chi connectivity index (χ3n) is 7.68. The van der Waals surface area contributed by atoms with Crippen LogP contribution >= 0.6 is 0 Å². The minimum Gasteiger partial charge on any atom is -0.377 e. The fourth-order valence-electron chi connectivity index (χ4n) is 5.70. The molecule has 0 fully saturated rings. The number of carbonyl (C=O) groups is 2. The van der Waals surface area contributed by atoms with Crippen LogP contribution in [0.5, 0.6) is 0 Å². The molecule has 1 aliphatic carbocycles. The maximum Gasteiger partial charge on any atom is 0.254 e. The lowest BCUT2D eigenvalue weighted by molar-refractivity contribution is -0.127. The van der Waals surface area contributed by atoms with Gasteiger partial charge >= 0.3 is 0 Å². The van der Waals surface area contributed by atoms with E-state index in [1.165, 1.54) is 16.7 Å². The van der Waals surface area contributed by atoms with Gasteiger partial charge in [0.1, 0.15) is 6.04 Å². The van der Waals surface area contributed by atoms with Crippen molar-refractivity contribution in [2.24, 2.45) is 0 Å². The highest BCUT2D eigenvalue weighted by Crippen LogP contribution is 2.32. The highest BCUT2D eigenvalue weighted by atomic mass is 16.2. The third-order valence-corrected chi connectivity index (χ3v) is 7.68. The van der Waals surface area contributed by atoms with Gasteiger partial charge in [-0.3, -0.25) is 9.59 Å². The van der Waals surface area contributed by atoms with Crippen molar-refractivity contribution in [2.75, 3.05) is 19.0 Å². The quantitative estimate of drug-likeness (QED) is 0.562. The van der Waals surface area contributed by atoms with Crippen molar-refractivity contribution in [3.05, 3.63) is 99.6 Å². The Morgan fingerprint density at radius 1 is 0.944 bits per heavy atom. The lowest BCUT2D eigenvalue weighted by Gasteiger charge is -2.37. The normalized spacial score (nSPS) is 18.7. The van der Waals surface area contributed by atoms with Crippen molar-refractivity contribution in [3.8, 4) is 0 Å². The Bertz CT molecular complexity index is 1310. The zero-order valence-corrected chi connectivity index (χ0v) is 21.7. The van der Waals surface area contributed by atoms with Crippen LogP contribution < -0.4 is 10.2 Å². The minimum absolute atomic E-state index is 0.0185. The number of anilines is 1. The van der Waals surface area contributed by atoms with Gasteiger partial charge in [0.2, 0.25) is 5.91 Å². The Morgan fingerprint density at radius 2 is 1.72 bits per heavy atom. The van der Waals surface area contributed by atoms with Gasteiger partial charge in [0.05, 0.1) is 6.04 Å². The number of rotatable bonds is 4. The van der Waals surface area contributed by atoms with Crippen molar-refractivity contribution >= 4 is 17.5 Å². The van der Waals surface area contributed by atoms with Gasteiger partial charge in [0.25, 0.3) is 5.91 Å². The van der Waals surface area contributed by atoms with E-state index < -0.39 is 6.04 Å². The summed E-state index contributed by atoms with van der Waals surface area (Å²) in [5, 5.41) is 3.34. The Hall–Kier alpha value is -3.60. The van der Waals surface area contributed by atoms with E-state index >= 15 is 0 Å². The maximum absolute atomic E-state index is 13.9. The summed E-state index contributed by atoms with van der Waals surface area (Å²) in [6.45, 7) is 4.56. The highest BCUT2D eigenvalue weighted by molar-refractivity contribution is 5.99. The summed E-state index contributed by atoms with van der Waals surface area (Å²) in [6, 6.07) is 19.9. The molecule has 0 aromatic heterocycles. The van der Waals surface area contributed by atoms with Crippen molar-refractivity contribution < 1.29 is 9.59 Å². The number of benzene rings is 3. The lowest BCUT2D eigenvalue weighted by Crippen LogP contribution is -2.53. The van der Waals surface area contributed by atoms with Gasteiger partial charge in [0.15, 0.2) is 0 Å². The number of amides is 2. The molecule has 5 rings (SSSR count). The first-order chi connectivity index (χ1) is 17.3. The summed E-state index contributed by atoms with van der Waals surface area (Å²) in [6.07, 6.45) is 3.54. The van der Waals surface area contributed by atoms with E-state index in [1.54, 1.807) is 4.90 Å². The molecule has 0 saturated carbocycles. The van der Waals surface area contributed by atoms with Crippen LogP contribution in [-0.4, -0.2) is 36.9 Å². The molecule has 0 bridgehead atoms. The first kappa shape index (κ1) is 24.1. The highest BCUT2D eigenvalue weighted by Gasteiger charge is 2.36. The van der Waals surface area contributed by atoms with Gasteiger partial charge in [0, 0.05) is 38.3 Å². The molecule has 5 heteroatoms. The maximum atomic E-state index is 13.9. The topological polar surface area (TPSA) is 52.7 Å². The number of aryl methyl sites for hydroxylation is 3. The minimum atomic E-state index is -0.549. The van der Waals surface area contributed by atoms with Crippen molar-refractivity contribution in [2.45, 2.75) is 58.2 Å². The number of nitrogens with zero attached hydrogens (tertiary/aromatic N) is 2. The molecule has 0 radical (unpaired) electrons. The molecular weight excluding hydrogens is 446 g/mol. The van der Waals surface area contributed by atoms with Crippen LogP contribution in [0.4, 0.5) is 5.69 Å². The van der Waals surface area contributed by atoms with Crippen LogP contribution in [0.25, 0.3) is 0 Å². The Kier molecular flexibility index (Phi) is 6.57. The van der Waals surface area contributed by atoms with Crippen LogP contribution in [0.15, 0.2) is 60.7 Å². The molecule has 2 unspecified atom stereocenters. The van der Waals surface area contributed by atoms with Crippen LogP contribution in [0.2, 0.25) is 0 Å². The monoisotopic (exact) mass is 481 g/mol. The first-order valence-electron chi connectivity index (χ1n) is 12.9. The molecule has 1 heterocycles. The van der Waals surface area contributed by atoms with Crippen LogP contribution in [0.3, 0.4) is 0 Å². The van der Waals surface area contributed by atoms with Crippen LogP contribution in [0.1, 0.15) is 62.6 Å². The summed E-state index contributed by atoms with van der Waals surface area (Å²) in [5.74, 6) is -0.176. The zero-order valence-electron chi connectivity index (χ0n) is 21.7. The number of hydrogen-bond acceptors (Lipinski definition) is 3. The molecule has 186 valence electrons. The fraction of sp³-hybridized carbons (Fsp3) is 0.355. The van der Waals surface area contributed by atoms with Crippen LogP contribution in [-0.2, 0) is 24.2 Å². The van der Waals surface area contributed by atoms with Crippen LogP contribution in [0, 0.1) is 13.8 Å². The average molecular weight is 482 g/mol. The summed E-state index contributed by atoms with van der Waals surface area (Å²) in [7, 11) is 3.96. The van der Waals surface area contributed by atoms with E-state index in [9.17, 15) is 9.59 Å². The first-order valence-corrected chi connectivity index (χ1v) is 12.9. The molecule has 2 amide bonds. The predicted octanol–water partition coefficient (Wildman–Crippen LogP) is 5.13. The van der Waals surface area contributed by atoms with Crippen molar-refractivity contribution in [3.63, 3.8) is 0 Å². The second-order valence-corrected chi connectivity index (χ2v) is 10.5. The molecule has 5 nitrogen and oxygen atoms in total. The Balaban J connectivity index is 1.46. The van der Waals surface area contributed by atoms with E-state index in [-0.39, 0.29) is 17.9 Å². The van der Waals surface area contributed by atoms with E-state index in [0.717, 1.165) is 41.6 Å². The number of fused-ring (bicyclic) bond motifs is 2. The summed E-state index contributed by atoms with van der Waals surface area (Å²) in [5.41, 5.74) is 8.71. The lowest BCUT2D eigenvalue weighted by atomic mass is 9.86. The van der Waals surface area contributed by atoms with Gasteiger partial charge < -0.3 is 15.1 Å². The second-order valence-electron chi connectivity index (χ2n) is 10.5. The molecule has 0 saturated heterocycles. The molecule has 2 aliphatic rings. The van der Waals surface area contributed by atoms with Gasteiger partial charge in [-0.2, -0.15) is 0 Å². The number of nitrogens with one attached hydrogen (secondary N) is 1. The molecule has 3 aromatic rings. The summed E-state index contributed by atoms with van der Waals surface area (Å²) >= 11 is 0. The average Bonchev–Trinajstić information content (AvgIpc) is 2.88. The van der Waals surface area contributed by atoms with E-state index in [4.69, 9.17) is 0 Å². The van der Waals surface area contributed by atoms with E-state index in [2.05, 4.69) is 42.6 Å². The summed E-state index contributed by atoms with van der Waals surface area (Å²) in [4.78, 5) is 31.5. The molecule has 1 aliphatic heterocycles. The van der Waals surface area contributed by atoms with Gasteiger partial charge in [-0.15, -0.1) is 0 Å². The molecule has 0 spiro atoms. The standard InChI is InChI=1S/C31H35N3O2/c1-20-12-14-22-10-7-11-27(26(22)16-20)32-30(35)29-17-23-8-5-6-9-25(23)19-34(29)31(36)24-15-13-21(2)28(18-24)33(3)4/h5-6,8-9,12-16,18,27,29H,7,10-11,17,19H2,1-4H3,(H,32,35). The van der Waals surface area contributed by atoms with Gasteiger partial charge in [-0.25, -0.2) is 0 Å². The largest absolute Gasteiger partial charge is 0.377 e. The molecule has 36 heavy (non-hydrogen) atoms. The van der Waals surface area contributed by atoms with Crippen molar-refractivity contribution in [1.29, 1.82) is 0 Å². The third kappa shape index (κ3) is 4.62. The smallest absolute Gasteiger partial charge is 0.254 e. The number of carbonyl (C=O) groups excluding carboxylic acids is 2. The summed E-state index contributed by atoms with van der Waals surface area (Å²) < 4.78 is 0. The fourth-order valence-corrected chi connectivity index (χ4v) is 5.70. The Labute approximate surface area is 214 Å². The molecular formula is C31H35N3O2. The van der Waals surface area contributed by atoms with Gasteiger partial charge in [-0.05, 0) is 73.1 Å². The van der Waals surface area contributed by atoms with E-state index in [1.807, 2.05) is 56.3 Å². The molecule has 3 aromatic carbocycles. The number of hydrogen-bond donors (Lipinski definition) is 1. The SMILES string of the molecule is Cc1ccc2c(c1)C(NC(=O)C1Cc3ccccc3CN1C(=O)c1ccc(C)c(N(C)C)c1)CCC2. The van der Waals surface area contributed by atoms with Crippen molar-refractivity contribution in [1.82, 2.24) is 10.2 Å². The van der Waals surface area contributed by atoms with Gasteiger partial charge in [-0.1, -0.05) is 54.1 Å². The zero-order chi connectivity index (χ0) is 25.4. The molecule has 2 atom stereocenters. The van der Waals surface area contributed by atoms with E-state index in [0.29, 0.717) is 18.5 Å². The Morgan fingerprint density at radius 3 is 2.50 bits per heavy atom. The predicted molar refractivity (Wildman–Crippen MR) is 144 cm³/mol. The second kappa shape index (κ2) is 9.81. The molecule has 1 N–H and O–H groups in total.